The molecular weight excluding hydrogens is 368 g/mol. The van der Waals surface area contributed by atoms with Crippen LogP contribution in [0.1, 0.15) is 10.4 Å². The summed E-state index contributed by atoms with van der Waals surface area (Å²) >= 11 is 7.51. The molecule has 0 aliphatic carbocycles. The Morgan fingerprint density at radius 3 is 2.69 bits per heavy atom. The molecule has 0 saturated heterocycles. The largest absolute Gasteiger partial charge is 0.449 e. The quantitative estimate of drug-likeness (QED) is 0.515. The standard InChI is InChI=1S/C20H15ClN2O2S/c21-14-5-3-13(4-6-14)12-23-17-8-7-15(22)10-18(17)25-19(20(23)24)11-16-2-1-9-26-16/h1-11H,12,22H2/b19-11+. The van der Waals surface area contributed by atoms with E-state index in [1.165, 1.54) is 0 Å². The van der Waals surface area contributed by atoms with Gasteiger partial charge in [-0.25, -0.2) is 0 Å². The third kappa shape index (κ3) is 3.31. The molecule has 1 aliphatic heterocycles. The predicted octanol–water partition coefficient (Wildman–Crippen LogP) is 4.95. The molecule has 1 aliphatic rings. The Bertz CT molecular complexity index is 982. The van der Waals surface area contributed by atoms with E-state index < -0.39 is 0 Å². The van der Waals surface area contributed by atoms with Crippen LogP contribution in [0.2, 0.25) is 5.02 Å². The van der Waals surface area contributed by atoms with Gasteiger partial charge in [0.1, 0.15) is 0 Å². The Hall–Kier alpha value is -2.76. The second kappa shape index (κ2) is 6.86. The molecule has 130 valence electrons. The molecule has 0 fully saturated rings. The predicted molar refractivity (Wildman–Crippen MR) is 106 cm³/mol. The minimum absolute atomic E-state index is 0.189. The molecule has 4 rings (SSSR count). The third-order valence-electron chi connectivity index (χ3n) is 4.02. The van der Waals surface area contributed by atoms with Crippen LogP contribution in [0.4, 0.5) is 11.4 Å². The number of carbonyl (C=O) groups excluding carboxylic acids is 1. The first-order valence-corrected chi connectivity index (χ1v) is 9.25. The molecule has 2 aromatic carbocycles. The lowest BCUT2D eigenvalue weighted by Crippen LogP contribution is -2.36. The van der Waals surface area contributed by atoms with Crippen molar-refractivity contribution in [1.82, 2.24) is 0 Å². The number of carbonyl (C=O) groups is 1. The third-order valence-corrected chi connectivity index (χ3v) is 5.09. The highest BCUT2D eigenvalue weighted by atomic mass is 35.5. The number of thiophene rings is 1. The van der Waals surface area contributed by atoms with Crippen LogP contribution in [0, 0.1) is 0 Å². The number of rotatable bonds is 3. The maximum absolute atomic E-state index is 13.1. The van der Waals surface area contributed by atoms with Crippen LogP contribution in [-0.4, -0.2) is 5.91 Å². The molecule has 0 spiro atoms. The van der Waals surface area contributed by atoms with Gasteiger partial charge in [0.15, 0.2) is 11.5 Å². The maximum atomic E-state index is 13.1. The molecule has 3 aromatic rings. The molecule has 1 aromatic heterocycles. The normalized spacial score (nSPS) is 15.0. The summed E-state index contributed by atoms with van der Waals surface area (Å²) in [4.78, 5) is 15.7. The minimum atomic E-state index is -0.189. The highest BCUT2D eigenvalue weighted by Gasteiger charge is 2.30. The van der Waals surface area contributed by atoms with E-state index in [1.807, 2.05) is 41.8 Å². The van der Waals surface area contributed by atoms with Crippen LogP contribution in [0.25, 0.3) is 6.08 Å². The molecule has 0 bridgehead atoms. The van der Waals surface area contributed by atoms with Crippen LogP contribution in [-0.2, 0) is 11.3 Å². The number of fused-ring (bicyclic) bond motifs is 1. The van der Waals surface area contributed by atoms with Crippen LogP contribution < -0.4 is 15.4 Å². The van der Waals surface area contributed by atoms with Gasteiger partial charge in [0.05, 0.1) is 12.2 Å². The summed E-state index contributed by atoms with van der Waals surface area (Å²) in [7, 11) is 0. The number of nitrogens with two attached hydrogens (primary N) is 1. The van der Waals surface area contributed by atoms with Crippen molar-refractivity contribution in [3.8, 4) is 5.75 Å². The first kappa shape index (κ1) is 16.7. The van der Waals surface area contributed by atoms with Gasteiger partial charge in [-0.1, -0.05) is 29.8 Å². The SMILES string of the molecule is Nc1ccc2c(c1)O/C(=C/c1cccs1)C(=O)N2Cc1ccc(Cl)cc1. The van der Waals surface area contributed by atoms with Gasteiger partial charge in [0, 0.05) is 27.7 Å². The van der Waals surface area contributed by atoms with E-state index in [0.717, 1.165) is 10.4 Å². The first-order valence-electron chi connectivity index (χ1n) is 7.99. The molecular formula is C20H15ClN2O2S. The van der Waals surface area contributed by atoms with Crippen molar-refractivity contribution in [3.63, 3.8) is 0 Å². The van der Waals surface area contributed by atoms with E-state index in [0.29, 0.717) is 28.7 Å². The van der Waals surface area contributed by atoms with E-state index in [2.05, 4.69) is 0 Å². The topological polar surface area (TPSA) is 55.6 Å². The Kier molecular flexibility index (Phi) is 4.41. The lowest BCUT2D eigenvalue weighted by molar-refractivity contribution is -0.117. The van der Waals surface area contributed by atoms with Gasteiger partial charge in [-0.2, -0.15) is 0 Å². The molecule has 0 saturated carbocycles. The molecule has 0 unspecified atom stereocenters. The van der Waals surface area contributed by atoms with Gasteiger partial charge in [0.25, 0.3) is 5.91 Å². The van der Waals surface area contributed by atoms with Crippen molar-refractivity contribution in [3.05, 3.63) is 81.2 Å². The summed E-state index contributed by atoms with van der Waals surface area (Å²) in [6.07, 6.45) is 1.76. The summed E-state index contributed by atoms with van der Waals surface area (Å²) in [5, 5.41) is 2.62. The van der Waals surface area contributed by atoms with Crippen molar-refractivity contribution in [2.45, 2.75) is 6.54 Å². The summed E-state index contributed by atoms with van der Waals surface area (Å²) in [6, 6.07) is 16.6. The van der Waals surface area contributed by atoms with Gasteiger partial charge >= 0.3 is 0 Å². The molecule has 2 N–H and O–H groups in total. The van der Waals surface area contributed by atoms with Crippen molar-refractivity contribution in [1.29, 1.82) is 0 Å². The highest BCUT2D eigenvalue weighted by Crippen LogP contribution is 2.38. The average molecular weight is 383 g/mol. The van der Waals surface area contributed by atoms with E-state index in [1.54, 1.807) is 40.5 Å². The van der Waals surface area contributed by atoms with Crippen molar-refractivity contribution in [2.75, 3.05) is 10.6 Å². The van der Waals surface area contributed by atoms with Crippen LogP contribution in [0.15, 0.2) is 65.7 Å². The number of anilines is 2. The number of nitrogens with zero attached hydrogens (tertiary/aromatic N) is 1. The minimum Gasteiger partial charge on any atom is -0.449 e. The first-order chi connectivity index (χ1) is 12.6. The zero-order valence-corrected chi connectivity index (χ0v) is 15.3. The fourth-order valence-corrected chi connectivity index (χ4v) is 3.54. The number of nitrogen functional groups attached to an aromatic ring is 1. The molecule has 0 radical (unpaired) electrons. The zero-order valence-electron chi connectivity index (χ0n) is 13.7. The van der Waals surface area contributed by atoms with Crippen molar-refractivity contribution >= 4 is 46.3 Å². The number of ether oxygens (including phenoxy) is 1. The molecule has 0 atom stereocenters. The molecule has 4 nitrogen and oxygen atoms in total. The zero-order chi connectivity index (χ0) is 18.1. The number of halogens is 1. The number of benzene rings is 2. The fourth-order valence-electron chi connectivity index (χ4n) is 2.76. The van der Waals surface area contributed by atoms with Gasteiger partial charge in [-0.15, -0.1) is 11.3 Å². The monoisotopic (exact) mass is 382 g/mol. The number of hydrogen-bond acceptors (Lipinski definition) is 4. The van der Waals surface area contributed by atoms with Crippen LogP contribution in [0.3, 0.4) is 0 Å². The average Bonchev–Trinajstić information content (AvgIpc) is 3.13. The van der Waals surface area contributed by atoms with Crippen molar-refractivity contribution in [2.24, 2.45) is 0 Å². The van der Waals surface area contributed by atoms with E-state index >= 15 is 0 Å². The second-order valence-electron chi connectivity index (χ2n) is 5.87. The summed E-state index contributed by atoms with van der Waals surface area (Å²) in [6.45, 7) is 0.415. The van der Waals surface area contributed by atoms with Crippen LogP contribution in [0.5, 0.6) is 5.75 Å². The summed E-state index contributed by atoms with van der Waals surface area (Å²) in [5.41, 5.74) is 8.15. The lowest BCUT2D eigenvalue weighted by Gasteiger charge is -2.30. The van der Waals surface area contributed by atoms with Gasteiger partial charge in [-0.05, 0) is 41.3 Å². The van der Waals surface area contributed by atoms with E-state index in [9.17, 15) is 4.79 Å². The molecule has 1 amide bonds. The Balaban J connectivity index is 1.75. The summed E-state index contributed by atoms with van der Waals surface area (Å²) < 4.78 is 5.86. The Labute approximate surface area is 160 Å². The van der Waals surface area contributed by atoms with Gasteiger partial charge in [-0.3, -0.25) is 9.69 Å². The Morgan fingerprint density at radius 1 is 1.15 bits per heavy atom. The Morgan fingerprint density at radius 2 is 1.96 bits per heavy atom. The molecule has 2 heterocycles. The molecule has 6 heteroatoms. The van der Waals surface area contributed by atoms with Crippen molar-refractivity contribution < 1.29 is 9.53 Å². The van der Waals surface area contributed by atoms with Gasteiger partial charge in [0.2, 0.25) is 0 Å². The van der Waals surface area contributed by atoms with Crippen LogP contribution >= 0.6 is 22.9 Å². The van der Waals surface area contributed by atoms with E-state index in [-0.39, 0.29) is 11.7 Å². The van der Waals surface area contributed by atoms with Gasteiger partial charge < -0.3 is 10.5 Å². The number of hydrogen-bond donors (Lipinski definition) is 1. The smallest absolute Gasteiger partial charge is 0.294 e. The highest BCUT2D eigenvalue weighted by molar-refractivity contribution is 7.10. The summed E-state index contributed by atoms with van der Waals surface area (Å²) in [5.74, 6) is 0.659. The molecule has 26 heavy (non-hydrogen) atoms. The number of amides is 1. The fraction of sp³-hybridized carbons (Fsp3) is 0.0500. The van der Waals surface area contributed by atoms with E-state index in [4.69, 9.17) is 22.1 Å². The second-order valence-corrected chi connectivity index (χ2v) is 7.29. The lowest BCUT2D eigenvalue weighted by atomic mass is 10.1. The maximum Gasteiger partial charge on any atom is 0.294 e.